The summed E-state index contributed by atoms with van der Waals surface area (Å²) in [5.41, 5.74) is 5.79. The van der Waals surface area contributed by atoms with E-state index < -0.39 is 10.0 Å². The number of hydrogen-bond donors (Lipinski definition) is 2. The summed E-state index contributed by atoms with van der Waals surface area (Å²) < 4.78 is 27.6. The summed E-state index contributed by atoms with van der Waals surface area (Å²) in [5, 5.41) is 5.00. The van der Waals surface area contributed by atoms with E-state index in [4.69, 9.17) is 15.6 Å². The van der Waals surface area contributed by atoms with Gasteiger partial charge in [0, 0.05) is 17.5 Å². The molecular weight excluding hydrogens is 284 g/mol. The number of rotatable bonds is 8. The Bertz CT molecular complexity index is 474. The van der Waals surface area contributed by atoms with E-state index >= 15 is 0 Å². The van der Waals surface area contributed by atoms with Crippen molar-refractivity contribution in [1.29, 1.82) is 0 Å². The molecule has 0 saturated heterocycles. The van der Waals surface area contributed by atoms with Crippen LogP contribution in [0.2, 0.25) is 0 Å². The Labute approximate surface area is 118 Å². The zero-order valence-corrected chi connectivity index (χ0v) is 12.5. The van der Waals surface area contributed by atoms with E-state index in [0.29, 0.717) is 12.4 Å². The first kappa shape index (κ1) is 16.3. The van der Waals surface area contributed by atoms with Crippen LogP contribution in [0.15, 0.2) is 29.2 Å². The molecule has 19 heavy (non-hydrogen) atoms. The standard InChI is InChI=1S/C12H20N2O3S2/c1-2-10(13)9-18-8-7-17-11-3-5-12(6-4-11)19(14,15)16/h3-6,10H,2,7-9,13H2,1H3,(H2,14,15,16). The van der Waals surface area contributed by atoms with Gasteiger partial charge in [-0.15, -0.1) is 0 Å². The second-order valence-corrected chi connectivity index (χ2v) is 6.82. The molecule has 0 amide bonds. The Morgan fingerprint density at radius 1 is 1.32 bits per heavy atom. The van der Waals surface area contributed by atoms with E-state index in [1.54, 1.807) is 23.9 Å². The zero-order chi connectivity index (χ0) is 14.3. The third-order valence-corrected chi connectivity index (χ3v) is 4.55. The normalized spacial score (nSPS) is 13.2. The van der Waals surface area contributed by atoms with Gasteiger partial charge in [0.25, 0.3) is 0 Å². The van der Waals surface area contributed by atoms with Crippen LogP contribution in [0, 0.1) is 0 Å². The number of ether oxygens (including phenoxy) is 1. The molecule has 0 aliphatic carbocycles. The van der Waals surface area contributed by atoms with E-state index in [2.05, 4.69) is 6.92 Å². The van der Waals surface area contributed by atoms with Crippen LogP contribution in [0.4, 0.5) is 0 Å². The van der Waals surface area contributed by atoms with Crippen molar-refractivity contribution in [2.45, 2.75) is 24.3 Å². The number of hydrogen-bond acceptors (Lipinski definition) is 5. The molecule has 1 aromatic rings. The van der Waals surface area contributed by atoms with Crippen molar-refractivity contribution in [2.24, 2.45) is 10.9 Å². The van der Waals surface area contributed by atoms with Crippen LogP contribution < -0.4 is 15.6 Å². The minimum Gasteiger partial charge on any atom is -0.493 e. The van der Waals surface area contributed by atoms with Gasteiger partial charge in [0.15, 0.2) is 0 Å². The van der Waals surface area contributed by atoms with Crippen LogP contribution in [0.5, 0.6) is 5.75 Å². The molecule has 1 unspecified atom stereocenters. The van der Waals surface area contributed by atoms with E-state index in [9.17, 15) is 8.42 Å². The summed E-state index contributed by atoms with van der Waals surface area (Å²) in [6, 6.07) is 6.30. The lowest BCUT2D eigenvalue weighted by Crippen LogP contribution is -2.21. The lowest BCUT2D eigenvalue weighted by Gasteiger charge is -2.09. The van der Waals surface area contributed by atoms with Gasteiger partial charge in [0.2, 0.25) is 10.0 Å². The summed E-state index contributed by atoms with van der Waals surface area (Å²) in [7, 11) is -3.63. The first-order valence-electron chi connectivity index (χ1n) is 6.02. The number of nitrogens with two attached hydrogens (primary N) is 2. The maximum absolute atomic E-state index is 11.1. The quantitative estimate of drug-likeness (QED) is 0.703. The van der Waals surface area contributed by atoms with Crippen molar-refractivity contribution in [3.63, 3.8) is 0 Å². The second-order valence-electron chi connectivity index (χ2n) is 4.11. The average Bonchev–Trinajstić information content (AvgIpc) is 2.37. The van der Waals surface area contributed by atoms with E-state index in [0.717, 1.165) is 17.9 Å². The zero-order valence-electron chi connectivity index (χ0n) is 10.9. The third-order valence-electron chi connectivity index (χ3n) is 2.50. The summed E-state index contributed by atoms with van der Waals surface area (Å²) in [6.45, 7) is 2.63. The van der Waals surface area contributed by atoms with Gasteiger partial charge < -0.3 is 10.5 Å². The number of sulfonamides is 1. The molecule has 0 heterocycles. The highest BCUT2D eigenvalue weighted by molar-refractivity contribution is 7.99. The molecular formula is C12H20N2O3S2. The predicted molar refractivity (Wildman–Crippen MR) is 78.9 cm³/mol. The van der Waals surface area contributed by atoms with E-state index in [1.807, 2.05) is 0 Å². The molecule has 0 saturated carbocycles. The summed E-state index contributed by atoms with van der Waals surface area (Å²) in [6.07, 6.45) is 0.975. The Hall–Kier alpha value is -0.760. The smallest absolute Gasteiger partial charge is 0.238 e. The molecule has 0 aliphatic rings. The monoisotopic (exact) mass is 304 g/mol. The van der Waals surface area contributed by atoms with Crippen LogP contribution in [0.25, 0.3) is 0 Å². The van der Waals surface area contributed by atoms with Gasteiger partial charge in [0.1, 0.15) is 5.75 Å². The number of benzene rings is 1. The third kappa shape index (κ3) is 6.29. The molecule has 0 radical (unpaired) electrons. The Balaban J connectivity index is 2.31. The molecule has 0 aromatic heterocycles. The minimum absolute atomic E-state index is 0.0862. The molecule has 1 atom stereocenters. The fourth-order valence-electron chi connectivity index (χ4n) is 1.30. The molecule has 0 spiro atoms. The van der Waals surface area contributed by atoms with Crippen molar-refractivity contribution in [1.82, 2.24) is 0 Å². The Kier molecular flexibility index (Phi) is 6.64. The lowest BCUT2D eigenvalue weighted by molar-refractivity contribution is 0.343. The lowest BCUT2D eigenvalue weighted by atomic mass is 10.3. The molecule has 5 nitrogen and oxygen atoms in total. The fourth-order valence-corrected chi connectivity index (χ4v) is 2.72. The van der Waals surface area contributed by atoms with Crippen molar-refractivity contribution in [2.75, 3.05) is 18.1 Å². The highest BCUT2D eigenvalue weighted by Crippen LogP contribution is 2.15. The van der Waals surface area contributed by atoms with Crippen molar-refractivity contribution >= 4 is 21.8 Å². The van der Waals surface area contributed by atoms with Crippen LogP contribution in [-0.2, 0) is 10.0 Å². The largest absolute Gasteiger partial charge is 0.493 e. The van der Waals surface area contributed by atoms with Crippen LogP contribution in [0.1, 0.15) is 13.3 Å². The van der Waals surface area contributed by atoms with Gasteiger partial charge in [-0.3, -0.25) is 0 Å². The SMILES string of the molecule is CCC(N)CSCCOc1ccc(S(N)(=O)=O)cc1. The first-order valence-corrected chi connectivity index (χ1v) is 8.72. The molecule has 0 bridgehead atoms. The predicted octanol–water partition coefficient (Wildman–Crippen LogP) is 1.18. The maximum Gasteiger partial charge on any atom is 0.238 e. The molecule has 0 aliphatic heterocycles. The average molecular weight is 304 g/mol. The molecule has 0 fully saturated rings. The molecule has 1 aromatic carbocycles. The maximum atomic E-state index is 11.1. The fraction of sp³-hybridized carbons (Fsp3) is 0.500. The first-order chi connectivity index (χ1) is 8.93. The van der Waals surface area contributed by atoms with Crippen LogP contribution in [-0.4, -0.2) is 32.6 Å². The highest BCUT2D eigenvalue weighted by Gasteiger charge is 2.06. The van der Waals surface area contributed by atoms with Crippen molar-refractivity contribution in [3.8, 4) is 5.75 Å². The Morgan fingerprint density at radius 3 is 2.47 bits per heavy atom. The van der Waals surface area contributed by atoms with Gasteiger partial charge in [-0.05, 0) is 30.7 Å². The van der Waals surface area contributed by atoms with Gasteiger partial charge >= 0.3 is 0 Å². The summed E-state index contributed by atoms with van der Waals surface area (Å²) in [5.74, 6) is 2.40. The minimum atomic E-state index is -3.63. The van der Waals surface area contributed by atoms with Gasteiger partial charge in [-0.1, -0.05) is 6.92 Å². The highest BCUT2D eigenvalue weighted by atomic mass is 32.2. The topological polar surface area (TPSA) is 95.4 Å². The van der Waals surface area contributed by atoms with Gasteiger partial charge in [-0.2, -0.15) is 11.8 Å². The number of primary sulfonamides is 1. The molecule has 7 heteroatoms. The summed E-state index contributed by atoms with van der Waals surface area (Å²) >= 11 is 1.75. The molecule has 1 rings (SSSR count). The van der Waals surface area contributed by atoms with Gasteiger partial charge in [-0.25, -0.2) is 13.6 Å². The summed E-state index contributed by atoms with van der Waals surface area (Å²) in [4.78, 5) is 0.0862. The van der Waals surface area contributed by atoms with E-state index in [1.165, 1.54) is 12.1 Å². The second kappa shape index (κ2) is 7.74. The van der Waals surface area contributed by atoms with E-state index in [-0.39, 0.29) is 10.9 Å². The van der Waals surface area contributed by atoms with Crippen molar-refractivity contribution in [3.05, 3.63) is 24.3 Å². The Morgan fingerprint density at radius 2 is 1.95 bits per heavy atom. The number of thioether (sulfide) groups is 1. The van der Waals surface area contributed by atoms with Crippen LogP contribution >= 0.6 is 11.8 Å². The molecule has 108 valence electrons. The van der Waals surface area contributed by atoms with Gasteiger partial charge in [0.05, 0.1) is 11.5 Å². The molecule has 4 N–H and O–H groups in total. The van der Waals surface area contributed by atoms with Crippen LogP contribution in [0.3, 0.4) is 0 Å². The van der Waals surface area contributed by atoms with Crippen molar-refractivity contribution < 1.29 is 13.2 Å².